The number of piperidine rings is 1. The average Bonchev–Trinajstić information content (AvgIpc) is 2.54. The van der Waals surface area contributed by atoms with Gasteiger partial charge in [0.2, 0.25) is 5.91 Å². The molecule has 1 fully saturated rings. The Morgan fingerprint density at radius 2 is 2.00 bits per heavy atom. The zero-order valence-electron chi connectivity index (χ0n) is 15.7. The Kier molecular flexibility index (Phi) is 5.76. The summed E-state index contributed by atoms with van der Waals surface area (Å²) in [7, 11) is -3.45. The lowest BCUT2D eigenvalue weighted by Gasteiger charge is -2.35. The fourth-order valence-electron chi connectivity index (χ4n) is 2.73. The van der Waals surface area contributed by atoms with E-state index in [1.54, 1.807) is 39.1 Å². The fourth-order valence-corrected chi connectivity index (χ4v) is 3.80. The van der Waals surface area contributed by atoms with Gasteiger partial charge in [-0.25, -0.2) is 13.4 Å². The molecule has 2 rings (SSSR count). The standard InChI is InChI=1S/C18H29N3O3S/c1-13(2)17(22)20-14-7-6-10-21(12-14)15-8-9-16(19-11-15)25(23,24)18(3,4)5/h8-9,11,13-14H,6-7,10,12H2,1-5H3,(H,20,22). The van der Waals surface area contributed by atoms with Gasteiger partial charge in [0.15, 0.2) is 14.9 Å². The lowest BCUT2D eigenvalue weighted by atomic mass is 10.0. The van der Waals surface area contributed by atoms with Gasteiger partial charge in [-0.15, -0.1) is 0 Å². The highest BCUT2D eigenvalue weighted by Crippen LogP contribution is 2.25. The molecule has 1 atom stereocenters. The van der Waals surface area contributed by atoms with Crippen molar-refractivity contribution in [2.45, 2.75) is 63.3 Å². The summed E-state index contributed by atoms with van der Waals surface area (Å²) < 4.78 is 24.0. The van der Waals surface area contributed by atoms with E-state index < -0.39 is 14.6 Å². The molecule has 0 bridgehead atoms. The summed E-state index contributed by atoms with van der Waals surface area (Å²) in [5.41, 5.74) is 0.886. The molecular formula is C18H29N3O3S. The molecule has 0 radical (unpaired) electrons. The van der Waals surface area contributed by atoms with Gasteiger partial charge in [-0.1, -0.05) is 13.8 Å². The number of aromatic nitrogens is 1. The Balaban J connectivity index is 2.11. The summed E-state index contributed by atoms with van der Waals surface area (Å²) in [6.07, 6.45) is 3.55. The van der Waals surface area contributed by atoms with Crippen molar-refractivity contribution in [3.8, 4) is 0 Å². The highest BCUT2D eigenvalue weighted by Gasteiger charge is 2.32. The Labute approximate surface area is 150 Å². The molecular weight excluding hydrogens is 338 g/mol. The van der Waals surface area contributed by atoms with Gasteiger partial charge < -0.3 is 10.2 Å². The van der Waals surface area contributed by atoms with Crippen LogP contribution in [0.3, 0.4) is 0 Å². The number of carbonyl (C=O) groups is 1. The molecule has 0 aliphatic carbocycles. The molecule has 2 heterocycles. The molecule has 0 spiro atoms. The summed E-state index contributed by atoms with van der Waals surface area (Å²) in [5.74, 6) is 0.0375. The van der Waals surface area contributed by atoms with Crippen LogP contribution in [0.1, 0.15) is 47.5 Å². The number of hydrogen-bond donors (Lipinski definition) is 1. The monoisotopic (exact) mass is 367 g/mol. The van der Waals surface area contributed by atoms with Gasteiger partial charge in [0.05, 0.1) is 16.6 Å². The maximum Gasteiger partial charge on any atom is 0.222 e. The number of carbonyl (C=O) groups excluding carboxylic acids is 1. The largest absolute Gasteiger partial charge is 0.368 e. The van der Waals surface area contributed by atoms with Crippen molar-refractivity contribution in [1.29, 1.82) is 0 Å². The van der Waals surface area contributed by atoms with Gasteiger partial charge in [0, 0.05) is 25.0 Å². The van der Waals surface area contributed by atoms with Gasteiger partial charge in [-0.2, -0.15) is 0 Å². The normalized spacial score (nSPS) is 19.1. The quantitative estimate of drug-likeness (QED) is 0.884. The number of nitrogens with one attached hydrogen (secondary N) is 1. The Bertz CT molecular complexity index is 706. The minimum absolute atomic E-state index is 0.0288. The van der Waals surface area contributed by atoms with E-state index in [1.165, 1.54) is 0 Å². The molecule has 1 aromatic rings. The summed E-state index contributed by atoms with van der Waals surface area (Å²) in [4.78, 5) is 18.2. The van der Waals surface area contributed by atoms with Crippen LogP contribution < -0.4 is 10.2 Å². The Hall–Kier alpha value is -1.63. The second-order valence-electron chi connectivity index (χ2n) is 7.92. The summed E-state index contributed by atoms with van der Waals surface area (Å²) in [6.45, 7) is 10.4. The van der Waals surface area contributed by atoms with Crippen molar-refractivity contribution in [3.05, 3.63) is 18.3 Å². The van der Waals surface area contributed by atoms with E-state index in [-0.39, 0.29) is 22.9 Å². The van der Waals surface area contributed by atoms with E-state index in [0.717, 1.165) is 25.1 Å². The number of sulfone groups is 1. The second-order valence-corrected chi connectivity index (χ2v) is 10.6. The lowest BCUT2D eigenvalue weighted by molar-refractivity contribution is -0.124. The zero-order chi connectivity index (χ0) is 18.8. The Morgan fingerprint density at radius 1 is 1.32 bits per heavy atom. The molecule has 1 aliphatic rings. The van der Waals surface area contributed by atoms with Gasteiger partial charge in [0.25, 0.3) is 0 Å². The molecule has 1 aliphatic heterocycles. The van der Waals surface area contributed by atoms with Crippen LogP contribution in [0, 0.1) is 5.92 Å². The minimum Gasteiger partial charge on any atom is -0.368 e. The summed E-state index contributed by atoms with van der Waals surface area (Å²) >= 11 is 0. The van der Waals surface area contributed by atoms with Crippen LogP contribution in [0.25, 0.3) is 0 Å². The van der Waals surface area contributed by atoms with Gasteiger partial charge in [0.1, 0.15) is 0 Å². The predicted molar refractivity (Wildman–Crippen MR) is 99.4 cm³/mol. The minimum atomic E-state index is -3.45. The Morgan fingerprint density at radius 3 is 2.52 bits per heavy atom. The molecule has 0 saturated carbocycles. The smallest absolute Gasteiger partial charge is 0.222 e. The van der Waals surface area contributed by atoms with Crippen LogP contribution in [-0.4, -0.2) is 43.2 Å². The second kappa shape index (κ2) is 7.32. The molecule has 0 aromatic carbocycles. The molecule has 1 amide bonds. The maximum atomic E-state index is 12.5. The van der Waals surface area contributed by atoms with Crippen LogP contribution in [-0.2, 0) is 14.6 Å². The number of hydrogen-bond acceptors (Lipinski definition) is 5. The lowest BCUT2D eigenvalue weighted by Crippen LogP contribution is -2.48. The van der Waals surface area contributed by atoms with Crippen LogP contribution in [0.2, 0.25) is 0 Å². The number of amides is 1. The van der Waals surface area contributed by atoms with Crippen LogP contribution in [0.15, 0.2) is 23.4 Å². The van der Waals surface area contributed by atoms with E-state index in [9.17, 15) is 13.2 Å². The SMILES string of the molecule is CC(C)C(=O)NC1CCCN(c2ccc(S(=O)(=O)C(C)(C)C)nc2)C1. The first-order valence-corrected chi connectivity index (χ1v) is 10.3. The van der Waals surface area contributed by atoms with Crippen molar-refractivity contribution in [2.24, 2.45) is 5.92 Å². The molecule has 1 N–H and O–H groups in total. The van der Waals surface area contributed by atoms with Gasteiger partial charge in [-0.05, 0) is 45.7 Å². The van der Waals surface area contributed by atoms with Crippen molar-refractivity contribution < 1.29 is 13.2 Å². The van der Waals surface area contributed by atoms with E-state index in [0.29, 0.717) is 6.54 Å². The third kappa shape index (κ3) is 4.51. The molecule has 140 valence electrons. The molecule has 25 heavy (non-hydrogen) atoms. The highest BCUT2D eigenvalue weighted by atomic mass is 32.2. The third-order valence-electron chi connectivity index (χ3n) is 4.46. The van der Waals surface area contributed by atoms with E-state index in [1.807, 2.05) is 13.8 Å². The van der Waals surface area contributed by atoms with E-state index in [2.05, 4.69) is 15.2 Å². The molecule has 7 heteroatoms. The average molecular weight is 368 g/mol. The topological polar surface area (TPSA) is 79.4 Å². The number of nitrogens with zero attached hydrogens (tertiary/aromatic N) is 2. The first-order valence-electron chi connectivity index (χ1n) is 8.78. The molecule has 1 unspecified atom stereocenters. The van der Waals surface area contributed by atoms with Crippen molar-refractivity contribution in [2.75, 3.05) is 18.0 Å². The molecule has 1 aromatic heterocycles. The van der Waals surface area contributed by atoms with Gasteiger partial charge in [-0.3, -0.25) is 4.79 Å². The number of anilines is 1. The van der Waals surface area contributed by atoms with Crippen LogP contribution >= 0.6 is 0 Å². The fraction of sp³-hybridized carbons (Fsp3) is 0.667. The predicted octanol–water partition coefficient (Wildman–Crippen LogP) is 2.39. The first-order chi connectivity index (χ1) is 11.5. The van der Waals surface area contributed by atoms with Crippen LogP contribution in [0.4, 0.5) is 5.69 Å². The van der Waals surface area contributed by atoms with Crippen molar-refractivity contribution in [3.63, 3.8) is 0 Å². The molecule has 6 nitrogen and oxygen atoms in total. The van der Waals surface area contributed by atoms with Crippen molar-refractivity contribution in [1.82, 2.24) is 10.3 Å². The van der Waals surface area contributed by atoms with E-state index in [4.69, 9.17) is 0 Å². The van der Waals surface area contributed by atoms with Crippen LogP contribution in [0.5, 0.6) is 0 Å². The first kappa shape index (κ1) is 19.7. The number of pyridine rings is 1. The maximum absolute atomic E-state index is 12.5. The van der Waals surface area contributed by atoms with E-state index >= 15 is 0 Å². The van der Waals surface area contributed by atoms with Crippen molar-refractivity contribution >= 4 is 21.4 Å². The summed E-state index contributed by atoms with van der Waals surface area (Å²) in [5, 5.41) is 3.18. The highest BCUT2D eigenvalue weighted by molar-refractivity contribution is 7.92. The third-order valence-corrected chi connectivity index (χ3v) is 6.86. The zero-order valence-corrected chi connectivity index (χ0v) is 16.6. The van der Waals surface area contributed by atoms with Gasteiger partial charge >= 0.3 is 0 Å². The molecule has 1 saturated heterocycles. The number of rotatable bonds is 4. The summed E-state index contributed by atoms with van der Waals surface area (Å²) in [6, 6.07) is 3.49.